The molecule has 22 heavy (non-hydrogen) atoms. The Bertz CT molecular complexity index is 504. The van der Waals surface area contributed by atoms with E-state index < -0.39 is 0 Å². The molecule has 1 saturated heterocycles. The zero-order valence-electron chi connectivity index (χ0n) is 13.3. The first-order valence-corrected chi connectivity index (χ1v) is 7.75. The van der Waals surface area contributed by atoms with Crippen LogP contribution in [0.3, 0.4) is 0 Å². The summed E-state index contributed by atoms with van der Waals surface area (Å²) in [6, 6.07) is 10.0. The number of carbonyl (C=O) groups is 2. The van der Waals surface area contributed by atoms with Crippen LogP contribution in [0.25, 0.3) is 0 Å². The highest BCUT2D eigenvalue weighted by molar-refractivity contribution is 5.81. The fourth-order valence-electron chi connectivity index (χ4n) is 2.81. The van der Waals surface area contributed by atoms with Crippen LogP contribution in [0.4, 0.5) is 0 Å². The first kappa shape index (κ1) is 16.5. The van der Waals surface area contributed by atoms with E-state index in [1.807, 2.05) is 35.2 Å². The van der Waals surface area contributed by atoms with Crippen LogP contribution in [0.15, 0.2) is 30.3 Å². The molecule has 1 aliphatic heterocycles. The molecule has 1 heterocycles. The summed E-state index contributed by atoms with van der Waals surface area (Å²) in [5.41, 5.74) is 1.12. The Morgan fingerprint density at radius 3 is 2.68 bits per heavy atom. The highest BCUT2D eigenvalue weighted by Gasteiger charge is 2.30. The van der Waals surface area contributed by atoms with Gasteiger partial charge in [-0.2, -0.15) is 0 Å². The van der Waals surface area contributed by atoms with E-state index in [9.17, 15) is 9.59 Å². The number of nitrogens with zero attached hydrogens (tertiary/aromatic N) is 2. The van der Waals surface area contributed by atoms with Crippen molar-refractivity contribution in [3.63, 3.8) is 0 Å². The van der Waals surface area contributed by atoms with Gasteiger partial charge in [0.05, 0.1) is 0 Å². The van der Waals surface area contributed by atoms with E-state index in [1.165, 1.54) is 7.11 Å². The van der Waals surface area contributed by atoms with Crippen LogP contribution >= 0.6 is 0 Å². The van der Waals surface area contributed by atoms with Gasteiger partial charge in [-0.05, 0) is 12.0 Å². The number of hydrogen-bond donors (Lipinski definition) is 0. The highest BCUT2D eigenvalue weighted by Crippen LogP contribution is 2.17. The summed E-state index contributed by atoms with van der Waals surface area (Å²) in [7, 11) is 1.51. The lowest BCUT2D eigenvalue weighted by Crippen LogP contribution is -2.44. The van der Waals surface area contributed by atoms with E-state index >= 15 is 0 Å². The van der Waals surface area contributed by atoms with Crippen LogP contribution in [0.5, 0.6) is 0 Å². The van der Waals surface area contributed by atoms with Gasteiger partial charge in [-0.15, -0.1) is 0 Å². The fraction of sp³-hybridized carbons (Fsp3) is 0.529. The van der Waals surface area contributed by atoms with E-state index in [4.69, 9.17) is 4.74 Å². The monoisotopic (exact) mass is 304 g/mol. The Balaban J connectivity index is 2.12. The second-order valence-corrected chi connectivity index (χ2v) is 5.59. The van der Waals surface area contributed by atoms with E-state index in [-0.39, 0.29) is 24.5 Å². The van der Waals surface area contributed by atoms with Gasteiger partial charge in [-0.25, -0.2) is 0 Å². The molecule has 0 aliphatic carbocycles. The van der Waals surface area contributed by atoms with Crippen LogP contribution in [0, 0.1) is 0 Å². The van der Waals surface area contributed by atoms with E-state index in [1.54, 1.807) is 4.90 Å². The summed E-state index contributed by atoms with van der Waals surface area (Å²) >= 11 is 0. The maximum Gasteiger partial charge on any atom is 0.248 e. The molecular weight excluding hydrogens is 280 g/mol. The highest BCUT2D eigenvalue weighted by atomic mass is 16.5. The van der Waals surface area contributed by atoms with Gasteiger partial charge in [0.25, 0.3) is 0 Å². The number of benzene rings is 1. The molecule has 1 atom stereocenters. The SMILES string of the molecule is CC[C@H]1CN(C(=O)COC)CCC(=O)N1Cc1ccccc1. The predicted octanol–water partition coefficient (Wildman–Crippen LogP) is 1.67. The van der Waals surface area contributed by atoms with Crippen molar-refractivity contribution in [2.45, 2.75) is 32.4 Å². The van der Waals surface area contributed by atoms with Gasteiger partial charge in [0, 0.05) is 39.2 Å². The standard InChI is InChI=1S/C17H24N2O3/c1-3-15-12-18(17(21)13-22-2)10-9-16(20)19(15)11-14-7-5-4-6-8-14/h4-8,15H,3,9-13H2,1-2H3/t15-/m0/s1. The molecule has 1 aromatic carbocycles. The van der Waals surface area contributed by atoms with Crippen molar-refractivity contribution in [2.24, 2.45) is 0 Å². The third-order valence-electron chi connectivity index (χ3n) is 4.08. The first-order valence-electron chi connectivity index (χ1n) is 7.75. The molecule has 5 nitrogen and oxygen atoms in total. The fourth-order valence-corrected chi connectivity index (χ4v) is 2.81. The van der Waals surface area contributed by atoms with Crippen LogP contribution in [0.1, 0.15) is 25.3 Å². The van der Waals surface area contributed by atoms with Gasteiger partial charge in [-0.1, -0.05) is 37.3 Å². The third-order valence-corrected chi connectivity index (χ3v) is 4.08. The average Bonchev–Trinajstić information content (AvgIpc) is 2.69. The molecule has 2 amide bonds. The molecule has 120 valence electrons. The number of carbonyl (C=O) groups excluding carboxylic acids is 2. The molecule has 0 spiro atoms. The predicted molar refractivity (Wildman–Crippen MR) is 84.1 cm³/mol. The molecule has 0 bridgehead atoms. The van der Waals surface area contributed by atoms with Crippen LogP contribution in [0.2, 0.25) is 0 Å². The molecule has 5 heteroatoms. The number of rotatable bonds is 5. The lowest BCUT2D eigenvalue weighted by molar-refractivity contribution is -0.135. The molecule has 1 aromatic rings. The Hall–Kier alpha value is -1.88. The second kappa shape index (κ2) is 7.94. The number of amides is 2. The number of methoxy groups -OCH3 is 1. The minimum atomic E-state index is -0.0460. The minimum Gasteiger partial charge on any atom is -0.375 e. The molecule has 1 fully saturated rings. The molecule has 0 N–H and O–H groups in total. The zero-order valence-corrected chi connectivity index (χ0v) is 13.3. The lowest BCUT2D eigenvalue weighted by Gasteiger charge is -2.31. The summed E-state index contributed by atoms with van der Waals surface area (Å²) in [6.45, 7) is 3.79. The summed E-state index contributed by atoms with van der Waals surface area (Å²) in [5, 5.41) is 0. The van der Waals surface area contributed by atoms with Gasteiger partial charge in [0.1, 0.15) is 6.61 Å². The smallest absolute Gasteiger partial charge is 0.248 e. The third kappa shape index (κ3) is 4.07. The molecule has 0 unspecified atom stereocenters. The van der Waals surface area contributed by atoms with Crippen molar-refractivity contribution >= 4 is 11.8 Å². The molecule has 0 radical (unpaired) electrons. The molecule has 0 aromatic heterocycles. The second-order valence-electron chi connectivity index (χ2n) is 5.59. The molecule has 0 saturated carbocycles. The minimum absolute atomic E-state index is 0.0460. The number of ether oxygens (including phenoxy) is 1. The maximum absolute atomic E-state index is 12.5. The van der Waals surface area contributed by atoms with Crippen LogP contribution in [-0.4, -0.2) is 54.5 Å². The summed E-state index contributed by atoms with van der Waals surface area (Å²) in [6.07, 6.45) is 1.20. The molecule has 1 aliphatic rings. The Labute approximate surface area is 131 Å². The average molecular weight is 304 g/mol. The normalized spacial score (nSPS) is 19.2. The Morgan fingerprint density at radius 2 is 2.05 bits per heavy atom. The van der Waals surface area contributed by atoms with E-state index in [0.717, 1.165) is 12.0 Å². The largest absolute Gasteiger partial charge is 0.375 e. The first-order chi connectivity index (χ1) is 10.7. The maximum atomic E-state index is 12.5. The Morgan fingerprint density at radius 1 is 1.32 bits per heavy atom. The van der Waals surface area contributed by atoms with Gasteiger partial charge < -0.3 is 14.5 Å². The molecule has 2 rings (SSSR count). The van der Waals surface area contributed by atoms with Crippen LogP contribution < -0.4 is 0 Å². The van der Waals surface area contributed by atoms with Crippen molar-refractivity contribution in [2.75, 3.05) is 26.8 Å². The zero-order chi connectivity index (χ0) is 15.9. The van der Waals surface area contributed by atoms with E-state index in [0.29, 0.717) is 26.1 Å². The van der Waals surface area contributed by atoms with E-state index in [2.05, 4.69) is 6.92 Å². The molecular formula is C17H24N2O3. The van der Waals surface area contributed by atoms with Crippen LogP contribution in [-0.2, 0) is 20.9 Å². The van der Waals surface area contributed by atoms with Crippen molar-refractivity contribution in [3.05, 3.63) is 35.9 Å². The summed E-state index contributed by atoms with van der Waals surface area (Å²) < 4.78 is 4.93. The van der Waals surface area contributed by atoms with Crippen molar-refractivity contribution < 1.29 is 14.3 Å². The summed E-state index contributed by atoms with van der Waals surface area (Å²) in [5.74, 6) is 0.0683. The Kier molecular flexibility index (Phi) is 5.95. The summed E-state index contributed by atoms with van der Waals surface area (Å²) in [4.78, 5) is 28.2. The quantitative estimate of drug-likeness (QED) is 0.831. The van der Waals surface area contributed by atoms with Gasteiger partial charge >= 0.3 is 0 Å². The van der Waals surface area contributed by atoms with Crippen molar-refractivity contribution in [1.29, 1.82) is 0 Å². The topological polar surface area (TPSA) is 49.9 Å². The van der Waals surface area contributed by atoms with Gasteiger partial charge in [-0.3, -0.25) is 9.59 Å². The number of hydrogen-bond acceptors (Lipinski definition) is 3. The van der Waals surface area contributed by atoms with Crippen molar-refractivity contribution in [1.82, 2.24) is 9.80 Å². The van der Waals surface area contributed by atoms with Gasteiger partial charge in [0.15, 0.2) is 0 Å². The lowest BCUT2D eigenvalue weighted by atomic mass is 10.1. The van der Waals surface area contributed by atoms with Crippen molar-refractivity contribution in [3.8, 4) is 0 Å². The van der Waals surface area contributed by atoms with Gasteiger partial charge in [0.2, 0.25) is 11.8 Å².